The van der Waals surface area contributed by atoms with Crippen LogP contribution in [0.4, 0.5) is 17.1 Å². The summed E-state index contributed by atoms with van der Waals surface area (Å²) >= 11 is 0. The van der Waals surface area contributed by atoms with Crippen molar-refractivity contribution in [1.82, 2.24) is 0 Å². The van der Waals surface area contributed by atoms with Gasteiger partial charge in [-0.3, -0.25) is 0 Å². The van der Waals surface area contributed by atoms with E-state index in [0.29, 0.717) is 0 Å². The van der Waals surface area contributed by atoms with E-state index >= 15 is 0 Å². The highest BCUT2D eigenvalue weighted by molar-refractivity contribution is 6.19. The minimum absolute atomic E-state index is 0.879. The lowest BCUT2D eigenvalue weighted by atomic mass is 9.98. The molecule has 1 aromatic heterocycles. The first-order valence-electron chi connectivity index (χ1n) is 17.1. The van der Waals surface area contributed by atoms with Gasteiger partial charge in [-0.25, -0.2) is 0 Å². The Bertz CT molecular complexity index is 2750. The third-order valence-electron chi connectivity index (χ3n) is 9.97. The van der Waals surface area contributed by atoms with E-state index < -0.39 is 0 Å². The highest BCUT2D eigenvalue weighted by Gasteiger charge is 2.23. The Hall–Kier alpha value is -6.64. The molecule has 0 spiro atoms. The third-order valence-corrected chi connectivity index (χ3v) is 9.97. The summed E-state index contributed by atoms with van der Waals surface area (Å²) in [4.78, 5) is 2.39. The van der Waals surface area contributed by atoms with Crippen LogP contribution in [0.2, 0.25) is 0 Å². The molecule has 0 aliphatic heterocycles. The largest absolute Gasteiger partial charge is 0.454 e. The number of fused-ring (bicyclic) bond motifs is 6. The molecule has 0 fully saturated rings. The number of nitrogens with zero attached hydrogens (tertiary/aromatic N) is 1. The molecule has 2 heteroatoms. The third kappa shape index (κ3) is 4.73. The molecular weight excluding hydrogens is 607 g/mol. The average molecular weight is 638 g/mol. The summed E-state index contributed by atoms with van der Waals surface area (Å²) in [5.74, 6) is 0. The van der Waals surface area contributed by atoms with Crippen molar-refractivity contribution in [2.24, 2.45) is 0 Å². The van der Waals surface area contributed by atoms with Gasteiger partial charge in [-0.05, 0) is 97.7 Å². The van der Waals surface area contributed by atoms with E-state index in [4.69, 9.17) is 4.42 Å². The molecule has 0 radical (unpaired) electrons. The first-order chi connectivity index (χ1) is 24.8. The van der Waals surface area contributed by atoms with Crippen molar-refractivity contribution >= 4 is 71.3 Å². The number of hydrogen-bond acceptors (Lipinski definition) is 2. The van der Waals surface area contributed by atoms with Crippen LogP contribution in [0.5, 0.6) is 0 Å². The molecule has 0 bridgehead atoms. The Morgan fingerprint density at radius 2 is 0.820 bits per heavy atom. The van der Waals surface area contributed by atoms with Crippen LogP contribution in [-0.4, -0.2) is 0 Å². The summed E-state index contributed by atoms with van der Waals surface area (Å²) in [6.07, 6.45) is 0. The number of hydrogen-bond donors (Lipinski definition) is 0. The second kappa shape index (κ2) is 11.5. The summed E-state index contributed by atoms with van der Waals surface area (Å²) in [5, 5.41) is 9.31. The zero-order valence-corrected chi connectivity index (χ0v) is 27.3. The minimum atomic E-state index is 0.879. The smallest absolute Gasteiger partial charge is 0.160 e. The fourth-order valence-electron chi connectivity index (χ4n) is 7.49. The summed E-state index contributed by atoms with van der Waals surface area (Å²) in [7, 11) is 0. The van der Waals surface area contributed by atoms with Crippen LogP contribution in [0, 0.1) is 0 Å². The lowest BCUT2D eigenvalue weighted by Crippen LogP contribution is -2.11. The number of rotatable bonds is 5. The quantitative estimate of drug-likeness (QED) is 0.187. The van der Waals surface area contributed by atoms with Gasteiger partial charge in [0, 0.05) is 27.5 Å². The van der Waals surface area contributed by atoms with Gasteiger partial charge in [-0.2, -0.15) is 0 Å². The van der Waals surface area contributed by atoms with E-state index in [9.17, 15) is 0 Å². The Morgan fingerprint density at radius 3 is 1.44 bits per heavy atom. The molecule has 10 aromatic rings. The SMILES string of the molecule is c1ccc(-c2ccc3cc(N(c4ccc5cc(-c6ccccc6)ccc5c4)c4c5ccccc5cc5c4oc4ccccc45)ccc3c2)cc1. The standard InChI is InChI=1S/C48H31NO/c1-3-11-32(12-4-1)34-19-21-38-29-41(25-23-36(38)27-34)49(42-26-24-37-28-35(20-22-39(37)30-42)33-13-5-2-6-14-33)47-43-16-8-7-15-40(43)31-45-44-17-9-10-18-46(44)50-48(45)47/h1-31H. The van der Waals surface area contributed by atoms with Crippen molar-refractivity contribution in [3.05, 3.63) is 188 Å². The van der Waals surface area contributed by atoms with Crippen LogP contribution >= 0.6 is 0 Å². The van der Waals surface area contributed by atoms with Crippen LogP contribution in [0.1, 0.15) is 0 Å². The molecule has 0 atom stereocenters. The van der Waals surface area contributed by atoms with Gasteiger partial charge >= 0.3 is 0 Å². The zero-order valence-electron chi connectivity index (χ0n) is 27.3. The van der Waals surface area contributed by atoms with E-state index in [2.05, 4.69) is 187 Å². The lowest BCUT2D eigenvalue weighted by molar-refractivity contribution is 0.669. The molecule has 9 aromatic carbocycles. The molecule has 2 nitrogen and oxygen atoms in total. The highest BCUT2D eigenvalue weighted by atomic mass is 16.3. The first-order valence-corrected chi connectivity index (χ1v) is 17.1. The van der Waals surface area contributed by atoms with Gasteiger partial charge in [0.25, 0.3) is 0 Å². The Morgan fingerprint density at radius 1 is 0.320 bits per heavy atom. The minimum Gasteiger partial charge on any atom is -0.454 e. The van der Waals surface area contributed by atoms with E-state index in [1.54, 1.807) is 0 Å². The molecule has 0 aliphatic carbocycles. The van der Waals surface area contributed by atoms with Crippen molar-refractivity contribution < 1.29 is 4.42 Å². The zero-order chi connectivity index (χ0) is 33.0. The van der Waals surface area contributed by atoms with E-state index in [-0.39, 0.29) is 0 Å². The van der Waals surface area contributed by atoms with E-state index in [1.807, 2.05) is 6.07 Å². The maximum atomic E-state index is 6.78. The van der Waals surface area contributed by atoms with Gasteiger partial charge in [0.15, 0.2) is 5.58 Å². The highest BCUT2D eigenvalue weighted by Crippen LogP contribution is 2.47. The second-order valence-corrected chi connectivity index (χ2v) is 13.0. The monoisotopic (exact) mass is 637 g/mol. The molecule has 234 valence electrons. The van der Waals surface area contributed by atoms with Crippen molar-refractivity contribution in [2.45, 2.75) is 0 Å². The first kappa shape index (κ1) is 28.4. The van der Waals surface area contributed by atoms with Gasteiger partial charge in [0.2, 0.25) is 0 Å². The van der Waals surface area contributed by atoms with Crippen LogP contribution < -0.4 is 4.90 Å². The van der Waals surface area contributed by atoms with Crippen LogP contribution in [0.3, 0.4) is 0 Å². The predicted octanol–water partition coefficient (Wildman–Crippen LogP) is 13.8. The van der Waals surface area contributed by atoms with Crippen molar-refractivity contribution in [3.8, 4) is 22.3 Å². The number of furan rings is 1. The molecule has 0 unspecified atom stereocenters. The Kier molecular flexibility index (Phi) is 6.53. The van der Waals surface area contributed by atoms with Crippen molar-refractivity contribution in [2.75, 3.05) is 4.90 Å². The topological polar surface area (TPSA) is 16.4 Å². The van der Waals surface area contributed by atoms with E-state index in [0.717, 1.165) is 44.4 Å². The maximum absolute atomic E-state index is 6.78. The normalized spacial score (nSPS) is 11.6. The number of benzene rings is 9. The molecule has 10 rings (SSSR count). The molecule has 0 N–H and O–H groups in total. The van der Waals surface area contributed by atoms with E-state index in [1.165, 1.54) is 49.2 Å². The fourth-order valence-corrected chi connectivity index (χ4v) is 7.49. The maximum Gasteiger partial charge on any atom is 0.160 e. The fraction of sp³-hybridized carbons (Fsp3) is 0. The Balaban J connectivity index is 1.22. The van der Waals surface area contributed by atoms with Crippen molar-refractivity contribution in [1.29, 1.82) is 0 Å². The predicted molar refractivity (Wildman–Crippen MR) is 212 cm³/mol. The van der Waals surface area contributed by atoms with Gasteiger partial charge in [0.05, 0.1) is 5.69 Å². The lowest BCUT2D eigenvalue weighted by Gasteiger charge is -2.28. The molecule has 0 saturated carbocycles. The molecule has 50 heavy (non-hydrogen) atoms. The molecule has 0 aliphatic rings. The van der Waals surface area contributed by atoms with Crippen molar-refractivity contribution in [3.63, 3.8) is 0 Å². The van der Waals surface area contributed by atoms with Gasteiger partial charge in [-0.15, -0.1) is 0 Å². The van der Waals surface area contributed by atoms with Gasteiger partial charge in [0.1, 0.15) is 5.58 Å². The molecular formula is C48H31NO. The summed E-state index contributed by atoms with van der Waals surface area (Å²) < 4.78 is 6.78. The molecule has 1 heterocycles. The average Bonchev–Trinajstić information content (AvgIpc) is 3.56. The van der Waals surface area contributed by atoms with Crippen LogP contribution in [0.25, 0.3) is 76.5 Å². The molecule has 0 saturated heterocycles. The summed E-state index contributed by atoms with van der Waals surface area (Å²) in [5.41, 5.74) is 9.81. The number of para-hydroxylation sites is 1. The second-order valence-electron chi connectivity index (χ2n) is 13.0. The Labute approximate surface area is 290 Å². The van der Waals surface area contributed by atoms with Crippen LogP contribution in [0.15, 0.2) is 192 Å². The number of anilines is 3. The van der Waals surface area contributed by atoms with Gasteiger partial charge < -0.3 is 9.32 Å². The summed E-state index contributed by atoms with van der Waals surface area (Å²) in [6, 6.07) is 67.5. The van der Waals surface area contributed by atoms with Crippen LogP contribution in [-0.2, 0) is 0 Å². The summed E-state index contributed by atoms with van der Waals surface area (Å²) in [6.45, 7) is 0. The van der Waals surface area contributed by atoms with Gasteiger partial charge in [-0.1, -0.05) is 140 Å². The molecule has 0 amide bonds.